The van der Waals surface area contributed by atoms with Gasteiger partial charge in [0.2, 0.25) is 0 Å². The Hall–Kier alpha value is -0.0400. The van der Waals surface area contributed by atoms with E-state index >= 15 is 0 Å². The van der Waals surface area contributed by atoms with Crippen molar-refractivity contribution in [2.75, 3.05) is 0 Å². The number of hydrogen-bond donors (Lipinski definition) is 1. The van der Waals surface area contributed by atoms with Crippen LogP contribution < -0.4 is 5.32 Å². The first-order chi connectivity index (χ1) is 4.81. The highest BCUT2D eigenvalue weighted by atomic mass is 15.0. The van der Waals surface area contributed by atoms with Gasteiger partial charge in [0.05, 0.1) is 0 Å². The lowest BCUT2D eigenvalue weighted by Crippen LogP contribution is -2.54. The second-order valence-corrected chi connectivity index (χ2v) is 5.10. The predicted molar refractivity (Wildman–Crippen MR) is 49.4 cm³/mol. The molecule has 1 heteroatoms. The molecule has 1 nitrogen and oxygen atoms in total. The van der Waals surface area contributed by atoms with Gasteiger partial charge in [-0.05, 0) is 39.0 Å². The van der Waals surface area contributed by atoms with Crippen LogP contribution in [0.3, 0.4) is 0 Å². The fourth-order valence-corrected chi connectivity index (χ4v) is 2.55. The Labute approximate surface area is 70.6 Å². The Bertz CT molecular complexity index is 131. The molecule has 0 aromatic rings. The number of rotatable bonds is 0. The summed E-state index contributed by atoms with van der Waals surface area (Å²) in [5.74, 6) is 0. The molecule has 0 aromatic heterocycles. The van der Waals surface area contributed by atoms with Gasteiger partial charge in [-0.1, -0.05) is 13.8 Å². The maximum absolute atomic E-state index is 3.56. The van der Waals surface area contributed by atoms with Crippen LogP contribution in [0.1, 0.15) is 41.0 Å². The lowest BCUT2D eigenvalue weighted by atomic mass is 9.72. The SMILES string of the molecule is CC1CC(C)(C)[CH]C(C)(C)N1. The third-order valence-electron chi connectivity index (χ3n) is 2.20. The topological polar surface area (TPSA) is 12.0 Å². The standard InChI is InChI=1S/C10H20N/c1-8-6-9(2,3)7-10(4,5)11-8/h7-8,11H,6H2,1-5H3. The van der Waals surface area contributed by atoms with E-state index in [-0.39, 0.29) is 5.54 Å². The van der Waals surface area contributed by atoms with Crippen LogP contribution in [-0.2, 0) is 0 Å². The van der Waals surface area contributed by atoms with Crippen molar-refractivity contribution >= 4 is 0 Å². The highest BCUT2D eigenvalue weighted by Crippen LogP contribution is 2.35. The summed E-state index contributed by atoms with van der Waals surface area (Å²) in [6.45, 7) is 11.4. The Kier molecular flexibility index (Phi) is 2.04. The first-order valence-electron chi connectivity index (χ1n) is 4.46. The summed E-state index contributed by atoms with van der Waals surface area (Å²) >= 11 is 0. The van der Waals surface area contributed by atoms with Crippen molar-refractivity contribution in [1.29, 1.82) is 0 Å². The molecule has 1 saturated heterocycles. The third-order valence-corrected chi connectivity index (χ3v) is 2.20. The van der Waals surface area contributed by atoms with Crippen LogP contribution in [0.4, 0.5) is 0 Å². The van der Waals surface area contributed by atoms with Crippen LogP contribution in [0.15, 0.2) is 0 Å². The summed E-state index contributed by atoms with van der Waals surface area (Å²) in [5.41, 5.74) is 0.606. The molecule has 1 fully saturated rings. The van der Waals surface area contributed by atoms with Crippen molar-refractivity contribution in [3.8, 4) is 0 Å². The van der Waals surface area contributed by atoms with E-state index < -0.39 is 0 Å². The fourth-order valence-electron chi connectivity index (χ4n) is 2.55. The van der Waals surface area contributed by atoms with E-state index in [1.54, 1.807) is 0 Å². The molecule has 11 heavy (non-hydrogen) atoms. The molecule has 65 valence electrons. The zero-order valence-electron chi connectivity index (χ0n) is 8.36. The van der Waals surface area contributed by atoms with Crippen molar-refractivity contribution in [3.05, 3.63) is 6.42 Å². The van der Waals surface area contributed by atoms with Crippen LogP contribution >= 0.6 is 0 Å². The van der Waals surface area contributed by atoms with Gasteiger partial charge in [-0.2, -0.15) is 0 Å². The van der Waals surface area contributed by atoms with Gasteiger partial charge in [0.15, 0.2) is 0 Å². The lowest BCUT2D eigenvalue weighted by molar-refractivity contribution is 0.200. The molecule has 0 bridgehead atoms. The molecule has 1 unspecified atom stereocenters. The Morgan fingerprint density at radius 3 is 2.18 bits per heavy atom. The average molecular weight is 154 g/mol. The first kappa shape index (κ1) is 9.05. The Morgan fingerprint density at radius 1 is 1.27 bits per heavy atom. The predicted octanol–water partition coefficient (Wildman–Crippen LogP) is 2.38. The fraction of sp³-hybridized carbons (Fsp3) is 0.900. The third kappa shape index (κ3) is 2.48. The van der Waals surface area contributed by atoms with E-state index in [0.29, 0.717) is 11.5 Å². The molecule has 0 aromatic carbocycles. The molecular weight excluding hydrogens is 134 g/mol. The second-order valence-electron chi connectivity index (χ2n) is 5.10. The van der Waals surface area contributed by atoms with E-state index in [9.17, 15) is 0 Å². The molecule has 1 heterocycles. The number of nitrogens with one attached hydrogen (secondary N) is 1. The highest BCUT2D eigenvalue weighted by Gasteiger charge is 2.36. The van der Waals surface area contributed by atoms with E-state index in [1.807, 2.05) is 0 Å². The van der Waals surface area contributed by atoms with Gasteiger partial charge in [-0.3, -0.25) is 0 Å². The maximum atomic E-state index is 3.56. The van der Waals surface area contributed by atoms with Crippen LogP contribution in [0, 0.1) is 11.8 Å². The van der Waals surface area contributed by atoms with Gasteiger partial charge in [-0.15, -0.1) is 0 Å². The van der Waals surface area contributed by atoms with Crippen LogP contribution in [0.5, 0.6) is 0 Å². The van der Waals surface area contributed by atoms with Crippen molar-refractivity contribution in [2.45, 2.75) is 52.6 Å². The summed E-state index contributed by atoms with van der Waals surface area (Å²) in [4.78, 5) is 0. The molecule has 1 aliphatic rings. The highest BCUT2D eigenvalue weighted by molar-refractivity contribution is 5.07. The van der Waals surface area contributed by atoms with E-state index in [4.69, 9.17) is 0 Å². The molecule has 0 saturated carbocycles. The molecular formula is C10H20N. The van der Waals surface area contributed by atoms with E-state index in [0.717, 1.165) is 0 Å². The zero-order valence-corrected chi connectivity index (χ0v) is 8.36. The van der Waals surface area contributed by atoms with Gasteiger partial charge in [-0.25, -0.2) is 0 Å². The summed E-state index contributed by atoms with van der Waals surface area (Å²) in [6.07, 6.45) is 3.66. The molecule has 0 spiro atoms. The van der Waals surface area contributed by atoms with Gasteiger partial charge in [0.1, 0.15) is 0 Å². The minimum Gasteiger partial charge on any atom is -0.309 e. The van der Waals surface area contributed by atoms with Gasteiger partial charge in [0.25, 0.3) is 0 Å². The van der Waals surface area contributed by atoms with Crippen molar-refractivity contribution < 1.29 is 0 Å². The molecule has 1 N–H and O–H groups in total. The maximum Gasteiger partial charge on any atom is 0.0164 e. The molecule has 0 aliphatic carbocycles. The summed E-state index contributed by atoms with van der Waals surface area (Å²) in [6, 6.07) is 0.644. The molecule has 1 atom stereocenters. The summed E-state index contributed by atoms with van der Waals surface area (Å²) in [5, 5.41) is 3.56. The molecule has 1 radical (unpaired) electrons. The van der Waals surface area contributed by atoms with Crippen LogP contribution in [-0.4, -0.2) is 11.6 Å². The molecule has 1 aliphatic heterocycles. The monoisotopic (exact) mass is 154 g/mol. The Morgan fingerprint density at radius 2 is 1.82 bits per heavy atom. The molecule has 0 amide bonds. The van der Waals surface area contributed by atoms with Crippen molar-refractivity contribution in [3.63, 3.8) is 0 Å². The summed E-state index contributed by atoms with van der Waals surface area (Å²) < 4.78 is 0. The minimum atomic E-state index is 0.209. The quantitative estimate of drug-likeness (QED) is 0.565. The van der Waals surface area contributed by atoms with Gasteiger partial charge in [0, 0.05) is 11.6 Å². The van der Waals surface area contributed by atoms with Crippen LogP contribution in [0.2, 0.25) is 0 Å². The van der Waals surface area contributed by atoms with Crippen molar-refractivity contribution in [2.24, 2.45) is 5.41 Å². The van der Waals surface area contributed by atoms with Gasteiger partial charge >= 0.3 is 0 Å². The second kappa shape index (κ2) is 2.48. The average Bonchev–Trinajstić information content (AvgIpc) is 1.49. The minimum absolute atomic E-state index is 0.209. The lowest BCUT2D eigenvalue weighted by Gasteiger charge is -2.44. The van der Waals surface area contributed by atoms with E-state index in [1.165, 1.54) is 6.42 Å². The van der Waals surface area contributed by atoms with E-state index in [2.05, 4.69) is 46.4 Å². The Balaban J connectivity index is 2.66. The van der Waals surface area contributed by atoms with Crippen molar-refractivity contribution in [1.82, 2.24) is 5.32 Å². The largest absolute Gasteiger partial charge is 0.309 e. The van der Waals surface area contributed by atoms with Crippen LogP contribution in [0.25, 0.3) is 0 Å². The molecule has 1 rings (SSSR count). The first-order valence-corrected chi connectivity index (χ1v) is 4.46. The van der Waals surface area contributed by atoms with Gasteiger partial charge < -0.3 is 5.32 Å². The normalized spacial score (nSPS) is 35.2. The smallest absolute Gasteiger partial charge is 0.0164 e. The summed E-state index contributed by atoms with van der Waals surface area (Å²) in [7, 11) is 0. The zero-order chi connectivity index (χ0) is 8.70. The number of piperidine rings is 1. The number of hydrogen-bond acceptors (Lipinski definition) is 1.